The lowest BCUT2D eigenvalue weighted by molar-refractivity contribution is -0.123. The number of halogens is 1. The van der Waals surface area contributed by atoms with Gasteiger partial charge in [-0.1, -0.05) is 32.0 Å². The molecule has 44 heavy (non-hydrogen) atoms. The number of nitrogens with one attached hydrogen (secondary N) is 3. The summed E-state index contributed by atoms with van der Waals surface area (Å²) in [6, 6.07) is 14.0. The summed E-state index contributed by atoms with van der Waals surface area (Å²) in [5.74, 6) is 0.401. The minimum Gasteiger partial charge on any atom is -0.488 e. The number of hydrogen-bond donors (Lipinski definition) is 3. The monoisotopic (exact) mass is 705 g/mol. The van der Waals surface area contributed by atoms with Crippen molar-refractivity contribution in [3.05, 3.63) is 57.9 Å². The number of carbonyl (C=O) groups excluding carboxylic acids is 2. The molecule has 238 valence electrons. The van der Waals surface area contributed by atoms with Gasteiger partial charge in [-0.25, -0.2) is 8.42 Å². The summed E-state index contributed by atoms with van der Waals surface area (Å²) in [5.41, 5.74) is 0. The molecule has 3 aromatic rings. The minimum atomic E-state index is -3.65. The maximum atomic E-state index is 13.4. The molecule has 2 atom stereocenters. The maximum absolute atomic E-state index is 13.4. The van der Waals surface area contributed by atoms with Gasteiger partial charge in [0.1, 0.15) is 17.9 Å². The zero-order valence-corrected chi connectivity index (χ0v) is 28.3. The molecular weight excluding hydrogens is 666 g/mol. The fourth-order valence-electron chi connectivity index (χ4n) is 5.47. The molecule has 1 aromatic heterocycles. The summed E-state index contributed by atoms with van der Waals surface area (Å²) < 4.78 is 35.9. The van der Waals surface area contributed by atoms with Crippen LogP contribution in [0.25, 0.3) is 10.1 Å². The number of rotatable bonds is 12. The molecule has 0 aliphatic carbocycles. The molecule has 3 N–H and O–H groups in total. The average Bonchev–Trinajstić information content (AvgIpc) is 3.68. The second-order valence-electron chi connectivity index (χ2n) is 11.7. The van der Waals surface area contributed by atoms with E-state index in [2.05, 4.69) is 36.8 Å². The lowest BCUT2D eigenvalue weighted by atomic mass is 10.0. The number of thiophene rings is 1. The Hall–Kier alpha value is -2.55. The molecule has 3 heterocycles. The summed E-state index contributed by atoms with van der Waals surface area (Å²) >= 11 is 4.90. The highest BCUT2D eigenvalue weighted by atomic mass is 79.9. The van der Waals surface area contributed by atoms with Crippen molar-refractivity contribution in [3.8, 4) is 5.75 Å². The highest BCUT2D eigenvalue weighted by Crippen LogP contribution is 2.31. The molecule has 10 nitrogen and oxygen atoms in total. The molecular formula is C31H40BrN5O5S2. The first-order valence-electron chi connectivity index (χ1n) is 15.1. The molecule has 2 unspecified atom stereocenters. The number of amides is 2. The van der Waals surface area contributed by atoms with Crippen molar-refractivity contribution in [2.24, 2.45) is 5.92 Å². The largest absolute Gasteiger partial charge is 0.488 e. The Morgan fingerprint density at radius 3 is 2.57 bits per heavy atom. The quantitative estimate of drug-likeness (QED) is 0.263. The van der Waals surface area contributed by atoms with Gasteiger partial charge in [0.2, 0.25) is 15.9 Å². The normalized spacial score (nSPS) is 18.9. The zero-order valence-electron chi connectivity index (χ0n) is 25.1. The van der Waals surface area contributed by atoms with Gasteiger partial charge >= 0.3 is 0 Å². The molecule has 0 radical (unpaired) electrons. The summed E-state index contributed by atoms with van der Waals surface area (Å²) in [5, 5.41) is 10.2. The first kappa shape index (κ1) is 32.8. The third-order valence-electron chi connectivity index (χ3n) is 7.89. The van der Waals surface area contributed by atoms with Crippen LogP contribution in [0, 0.1) is 5.92 Å². The highest BCUT2D eigenvalue weighted by molar-refractivity contribution is 9.10. The Bertz CT molecular complexity index is 1530. The molecule has 5 rings (SSSR count). The standard InChI is InChI=1S/C31H40BrN5O5S2/c1-21(2)17-26(35-31(39)29-18-22-5-3-4-6-28(22)43-29)30(38)34-11-12-36-13-15-37(16-14-36)44(40,41)24-7-8-27(25(32)19-24)42-23-9-10-33-20-23/h3-8,18-19,21,23,26,33H,9-17,20H2,1-2H3,(H,34,38)(H,35,39). The van der Waals surface area contributed by atoms with Crippen LogP contribution in [0.2, 0.25) is 0 Å². The van der Waals surface area contributed by atoms with Gasteiger partial charge in [-0.3, -0.25) is 14.5 Å². The Kier molecular flexibility index (Phi) is 11.0. The van der Waals surface area contributed by atoms with Crippen LogP contribution in [-0.2, 0) is 14.8 Å². The van der Waals surface area contributed by atoms with E-state index in [1.165, 1.54) is 15.6 Å². The smallest absolute Gasteiger partial charge is 0.262 e. The van der Waals surface area contributed by atoms with E-state index in [0.29, 0.717) is 60.8 Å². The number of piperazine rings is 1. The number of hydrogen-bond acceptors (Lipinski definition) is 8. The molecule has 2 aromatic carbocycles. The molecule has 0 bridgehead atoms. The van der Waals surface area contributed by atoms with Crippen molar-refractivity contribution in [1.82, 2.24) is 25.2 Å². The first-order chi connectivity index (χ1) is 21.1. The summed E-state index contributed by atoms with van der Waals surface area (Å²) in [4.78, 5) is 29.1. The van der Waals surface area contributed by atoms with Crippen molar-refractivity contribution in [2.75, 3.05) is 52.4 Å². The van der Waals surface area contributed by atoms with Gasteiger partial charge in [-0.05, 0) is 77.0 Å². The van der Waals surface area contributed by atoms with Gasteiger partial charge < -0.3 is 20.7 Å². The van der Waals surface area contributed by atoms with Crippen molar-refractivity contribution >= 4 is 59.2 Å². The van der Waals surface area contributed by atoms with Crippen LogP contribution in [0.15, 0.2) is 57.9 Å². The van der Waals surface area contributed by atoms with Crippen molar-refractivity contribution in [1.29, 1.82) is 0 Å². The molecule has 0 spiro atoms. The number of nitrogens with zero attached hydrogens (tertiary/aromatic N) is 2. The average molecular weight is 707 g/mol. The predicted octanol–water partition coefficient (Wildman–Crippen LogP) is 3.67. The fraction of sp³-hybridized carbons (Fsp3) is 0.484. The molecule has 2 amide bonds. The van der Waals surface area contributed by atoms with Gasteiger partial charge in [0.05, 0.1) is 14.2 Å². The third kappa shape index (κ3) is 8.18. The summed E-state index contributed by atoms with van der Waals surface area (Å²) in [6.45, 7) is 8.58. The van der Waals surface area contributed by atoms with E-state index in [9.17, 15) is 18.0 Å². The van der Waals surface area contributed by atoms with Crippen molar-refractivity contribution < 1.29 is 22.7 Å². The van der Waals surface area contributed by atoms with Crippen LogP contribution >= 0.6 is 27.3 Å². The van der Waals surface area contributed by atoms with E-state index in [-0.39, 0.29) is 28.7 Å². The van der Waals surface area contributed by atoms with Gasteiger partial charge in [-0.2, -0.15) is 4.31 Å². The number of benzene rings is 2. The molecule has 2 aliphatic heterocycles. The lowest BCUT2D eigenvalue weighted by Gasteiger charge is -2.34. The van der Waals surface area contributed by atoms with Crippen molar-refractivity contribution in [3.63, 3.8) is 0 Å². The number of ether oxygens (including phenoxy) is 1. The maximum Gasteiger partial charge on any atom is 0.262 e. The van der Waals surface area contributed by atoms with E-state index >= 15 is 0 Å². The highest BCUT2D eigenvalue weighted by Gasteiger charge is 2.30. The van der Waals surface area contributed by atoms with Gasteiger partial charge in [0.15, 0.2) is 0 Å². The molecule has 2 aliphatic rings. The van der Waals surface area contributed by atoms with E-state index in [1.807, 2.05) is 44.2 Å². The van der Waals surface area contributed by atoms with Crippen LogP contribution < -0.4 is 20.7 Å². The van der Waals surface area contributed by atoms with E-state index in [4.69, 9.17) is 4.74 Å². The first-order valence-corrected chi connectivity index (χ1v) is 18.1. The number of sulfonamides is 1. The van der Waals surface area contributed by atoms with Gasteiger partial charge in [0, 0.05) is 50.5 Å². The zero-order chi connectivity index (χ0) is 31.3. The SMILES string of the molecule is CC(C)CC(NC(=O)c1cc2ccccc2s1)C(=O)NCCN1CCN(S(=O)(=O)c2ccc(OC3CCNC3)c(Br)c2)CC1. The van der Waals surface area contributed by atoms with E-state index in [1.54, 1.807) is 18.2 Å². The second-order valence-corrected chi connectivity index (χ2v) is 15.5. The van der Waals surface area contributed by atoms with Crippen LogP contribution in [-0.4, -0.2) is 93.9 Å². The molecule has 2 saturated heterocycles. The molecule has 2 fully saturated rings. The Morgan fingerprint density at radius 1 is 1.11 bits per heavy atom. The van der Waals surface area contributed by atoms with Crippen LogP contribution in [0.4, 0.5) is 0 Å². The van der Waals surface area contributed by atoms with Crippen LogP contribution in [0.3, 0.4) is 0 Å². The number of fused-ring (bicyclic) bond motifs is 1. The van der Waals surface area contributed by atoms with Crippen LogP contribution in [0.1, 0.15) is 36.4 Å². The Balaban J connectivity index is 1.09. The van der Waals surface area contributed by atoms with Gasteiger partial charge in [0.25, 0.3) is 5.91 Å². The van der Waals surface area contributed by atoms with Crippen molar-refractivity contribution in [2.45, 2.75) is 43.7 Å². The van der Waals surface area contributed by atoms with E-state index in [0.717, 1.165) is 29.6 Å². The fourth-order valence-corrected chi connectivity index (χ4v) is 8.51. The molecule has 13 heteroatoms. The third-order valence-corrected chi connectivity index (χ3v) is 11.5. The number of carbonyl (C=O) groups is 2. The van der Waals surface area contributed by atoms with E-state index < -0.39 is 16.1 Å². The topological polar surface area (TPSA) is 120 Å². The summed E-state index contributed by atoms with van der Waals surface area (Å²) in [7, 11) is -3.65. The second kappa shape index (κ2) is 14.7. The molecule has 0 saturated carbocycles. The predicted molar refractivity (Wildman–Crippen MR) is 177 cm³/mol. The minimum absolute atomic E-state index is 0.0821. The lowest BCUT2D eigenvalue weighted by Crippen LogP contribution is -2.52. The van der Waals surface area contributed by atoms with Crippen LogP contribution in [0.5, 0.6) is 5.75 Å². The Morgan fingerprint density at radius 2 is 1.89 bits per heavy atom. The summed E-state index contributed by atoms with van der Waals surface area (Å²) in [6.07, 6.45) is 1.53. The Labute approximate surface area is 271 Å². The van der Waals surface area contributed by atoms with Gasteiger partial charge in [-0.15, -0.1) is 11.3 Å².